The smallest absolute Gasteiger partial charge is 0.335 e. The standard InChI is InChI=1S/C15H19NO2/c17-15(18)11-6-7-12-9-16(10-13(12)8-11)14-4-2-1-3-5-14/h6-8,14H,1-5,9-10H2,(H,17,18). The number of aromatic carboxylic acids is 1. The number of fused-ring (bicyclic) bond motifs is 1. The summed E-state index contributed by atoms with van der Waals surface area (Å²) in [4.78, 5) is 13.5. The van der Waals surface area contributed by atoms with Crippen molar-refractivity contribution in [1.82, 2.24) is 4.90 Å². The van der Waals surface area contributed by atoms with Crippen LogP contribution < -0.4 is 0 Å². The zero-order valence-electron chi connectivity index (χ0n) is 10.6. The topological polar surface area (TPSA) is 40.5 Å². The number of carbonyl (C=O) groups is 1. The third-order valence-electron chi connectivity index (χ3n) is 4.29. The molecule has 0 unspecified atom stereocenters. The lowest BCUT2D eigenvalue weighted by Gasteiger charge is -2.30. The van der Waals surface area contributed by atoms with Gasteiger partial charge in [-0.2, -0.15) is 0 Å². The van der Waals surface area contributed by atoms with Gasteiger partial charge in [-0.3, -0.25) is 4.90 Å². The van der Waals surface area contributed by atoms with Crippen LogP contribution in [0.1, 0.15) is 53.6 Å². The van der Waals surface area contributed by atoms with Crippen molar-refractivity contribution in [2.75, 3.05) is 0 Å². The van der Waals surface area contributed by atoms with Crippen molar-refractivity contribution in [2.45, 2.75) is 51.2 Å². The summed E-state index contributed by atoms with van der Waals surface area (Å²) in [5.41, 5.74) is 2.94. The van der Waals surface area contributed by atoms with E-state index in [0.29, 0.717) is 11.6 Å². The molecule has 1 fully saturated rings. The van der Waals surface area contributed by atoms with Crippen LogP contribution in [0.5, 0.6) is 0 Å². The van der Waals surface area contributed by atoms with Crippen LogP contribution in [0.15, 0.2) is 18.2 Å². The summed E-state index contributed by atoms with van der Waals surface area (Å²) in [6, 6.07) is 6.27. The van der Waals surface area contributed by atoms with Gasteiger partial charge >= 0.3 is 5.97 Å². The maximum absolute atomic E-state index is 11.0. The quantitative estimate of drug-likeness (QED) is 0.870. The van der Waals surface area contributed by atoms with Crippen molar-refractivity contribution in [3.05, 3.63) is 34.9 Å². The van der Waals surface area contributed by atoms with Gasteiger partial charge in [-0.05, 0) is 36.1 Å². The molecule has 0 aromatic heterocycles. The Morgan fingerprint density at radius 3 is 2.56 bits per heavy atom. The number of rotatable bonds is 2. The Kier molecular flexibility index (Phi) is 3.08. The van der Waals surface area contributed by atoms with Gasteiger partial charge in [0, 0.05) is 19.1 Å². The zero-order chi connectivity index (χ0) is 12.5. The normalized spacial score (nSPS) is 20.9. The molecule has 1 saturated carbocycles. The summed E-state index contributed by atoms with van der Waals surface area (Å²) >= 11 is 0. The highest BCUT2D eigenvalue weighted by molar-refractivity contribution is 5.87. The van der Waals surface area contributed by atoms with Gasteiger partial charge in [-0.25, -0.2) is 4.79 Å². The molecule has 2 aliphatic rings. The number of nitrogens with zero attached hydrogens (tertiary/aromatic N) is 1. The van der Waals surface area contributed by atoms with Gasteiger partial charge in [-0.1, -0.05) is 25.3 Å². The average Bonchev–Trinajstić information content (AvgIpc) is 2.82. The van der Waals surface area contributed by atoms with Gasteiger partial charge in [0.25, 0.3) is 0 Å². The molecular weight excluding hydrogens is 226 g/mol. The lowest BCUT2D eigenvalue weighted by Crippen LogP contribution is -2.32. The van der Waals surface area contributed by atoms with Crippen molar-refractivity contribution in [1.29, 1.82) is 0 Å². The van der Waals surface area contributed by atoms with Crippen LogP contribution >= 0.6 is 0 Å². The third kappa shape index (κ3) is 2.15. The largest absolute Gasteiger partial charge is 0.478 e. The summed E-state index contributed by atoms with van der Waals surface area (Å²) in [6.45, 7) is 1.93. The Morgan fingerprint density at radius 1 is 1.11 bits per heavy atom. The van der Waals surface area contributed by atoms with Gasteiger partial charge in [0.1, 0.15) is 0 Å². The predicted molar refractivity (Wildman–Crippen MR) is 69.5 cm³/mol. The fourth-order valence-corrected chi connectivity index (χ4v) is 3.26. The van der Waals surface area contributed by atoms with Crippen molar-refractivity contribution in [3.8, 4) is 0 Å². The van der Waals surface area contributed by atoms with Crippen molar-refractivity contribution in [2.24, 2.45) is 0 Å². The van der Waals surface area contributed by atoms with E-state index in [4.69, 9.17) is 5.11 Å². The first-order valence-corrected chi connectivity index (χ1v) is 6.83. The van der Waals surface area contributed by atoms with E-state index >= 15 is 0 Å². The van der Waals surface area contributed by atoms with Crippen molar-refractivity contribution >= 4 is 5.97 Å². The van der Waals surface area contributed by atoms with E-state index in [9.17, 15) is 4.79 Å². The second kappa shape index (κ2) is 4.73. The molecule has 0 bridgehead atoms. The molecule has 0 spiro atoms. The van der Waals surface area contributed by atoms with Crippen LogP contribution in [-0.2, 0) is 13.1 Å². The molecule has 0 atom stereocenters. The highest BCUT2D eigenvalue weighted by Gasteiger charge is 2.27. The van der Waals surface area contributed by atoms with E-state index in [1.807, 2.05) is 12.1 Å². The number of hydrogen-bond donors (Lipinski definition) is 1. The molecule has 1 N–H and O–H groups in total. The first-order valence-electron chi connectivity index (χ1n) is 6.83. The summed E-state index contributed by atoms with van der Waals surface area (Å²) in [5.74, 6) is -0.825. The molecular formula is C15H19NO2. The van der Waals surface area contributed by atoms with E-state index in [2.05, 4.69) is 4.90 Å². The monoisotopic (exact) mass is 245 g/mol. The van der Waals surface area contributed by atoms with Gasteiger partial charge in [0.05, 0.1) is 5.56 Å². The summed E-state index contributed by atoms with van der Waals surface area (Å²) in [7, 11) is 0. The van der Waals surface area contributed by atoms with E-state index in [0.717, 1.165) is 13.1 Å². The fraction of sp³-hybridized carbons (Fsp3) is 0.533. The minimum Gasteiger partial charge on any atom is -0.478 e. The van der Waals surface area contributed by atoms with Crippen LogP contribution in [-0.4, -0.2) is 22.0 Å². The van der Waals surface area contributed by atoms with Crippen LogP contribution in [0.25, 0.3) is 0 Å². The van der Waals surface area contributed by atoms with Crippen LogP contribution in [0.2, 0.25) is 0 Å². The summed E-state index contributed by atoms with van der Waals surface area (Å²) in [6.07, 6.45) is 6.68. The lowest BCUT2D eigenvalue weighted by atomic mass is 9.94. The number of carboxylic acids is 1. The molecule has 1 aromatic rings. The molecule has 96 valence electrons. The van der Waals surface area contributed by atoms with E-state index in [-0.39, 0.29) is 0 Å². The molecule has 1 aliphatic heterocycles. The molecule has 1 aliphatic carbocycles. The number of benzene rings is 1. The van der Waals surface area contributed by atoms with E-state index < -0.39 is 5.97 Å². The zero-order valence-corrected chi connectivity index (χ0v) is 10.6. The fourth-order valence-electron chi connectivity index (χ4n) is 3.26. The van der Waals surface area contributed by atoms with Crippen molar-refractivity contribution in [3.63, 3.8) is 0 Å². The maximum atomic E-state index is 11.0. The van der Waals surface area contributed by atoms with Crippen LogP contribution in [0.4, 0.5) is 0 Å². The second-order valence-corrected chi connectivity index (χ2v) is 5.49. The van der Waals surface area contributed by atoms with Crippen molar-refractivity contribution < 1.29 is 9.90 Å². The van der Waals surface area contributed by atoms with E-state index in [1.165, 1.54) is 43.2 Å². The molecule has 3 nitrogen and oxygen atoms in total. The van der Waals surface area contributed by atoms with Gasteiger partial charge in [-0.15, -0.1) is 0 Å². The third-order valence-corrected chi connectivity index (χ3v) is 4.29. The molecule has 0 saturated heterocycles. The maximum Gasteiger partial charge on any atom is 0.335 e. The molecule has 18 heavy (non-hydrogen) atoms. The summed E-state index contributed by atoms with van der Waals surface area (Å²) < 4.78 is 0. The van der Waals surface area contributed by atoms with E-state index in [1.54, 1.807) is 6.07 Å². The minimum atomic E-state index is -0.825. The predicted octanol–water partition coefficient (Wildman–Crippen LogP) is 3.03. The number of carboxylic acid groups (broad SMARTS) is 1. The molecule has 0 radical (unpaired) electrons. The van der Waals surface area contributed by atoms with Gasteiger partial charge in [0.15, 0.2) is 0 Å². The number of hydrogen-bond acceptors (Lipinski definition) is 2. The first kappa shape index (κ1) is 11.7. The summed E-state index contributed by atoms with van der Waals surface area (Å²) in [5, 5.41) is 9.02. The Bertz CT molecular complexity index is 464. The van der Waals surface area contributed by atoms with Crippen LogP contribution in [0, 0.1) is 0 Å². The lowest BCUT2D eigenvalue weighted by molar-refractivity contribution is 0.0696. The SMILES string of the molecule is O=C(O)c1ccc2c(c1)CN(C1CCCCC1)C2. The molecule has 0 amide bonds. The molecule has 3 heteroatoms. The Balaban J connectivity index is 1.76. The van der Waals surface area contributed by atoms with Gasteiger partial charge < -0.3 is 5.11 Å². The Hall–Kier alpha value is -1.35. The Labute approximate surface area is 107 Å². The molecule has 1 heterocycles. The second-order valence-electron chi connectivity index (χ2n) is 5.49. The average molecular weight is 245 g/mol. The molecule has 1 aromatic carbocycles. The van der Waals surface area contributed by atoms with Crippen LogP contribution in [0.3, 0.4) is 0 Å². The highest BCUT2D eigenvalue weighted by atomic mass is 16.4. The molecule has 3 rings (SSSR count). The Morgan fingerprint density at radius 2 is 1.83 bits per heavy atom. The first-order chi connectivity index (χ1) is 8.74. The van der Waals surface area contributed by atoms with Gasteiger partial charge in [0.2, 0.25) is 0 Å². The highest BCUT2D eigenvalue weighted by Crippen LogP contribution is 2.31. The minimum absolute atomic E-state index is 0.416.